The topological polar surface area (TPSA) is 58.4 Å². The summed E-state index contributed by atoms with van der Waals surface area (Å²) in [5.41, 5.74) is 8.88. The third-order valence-electron chi connectivity index (χ3n) is 3.13. The molecule has 0 spiro atoms. The molecular formula is C13H19N3O. The highest BCUT2D eigenvalue weighted by Crippen LogP contribution is 2.28. The van der Waals surface area contributed by atoms with Crippen LogP contribution in [0.1, 0.15) is 11.1 Å². The van der Waals surface area contributed by atoms with Gasteiger partial charge < -0.3 is 16.0 Å². The van der Waals surface area contributed by atoms with E-state index in [2.05, 4.69) is 17.4 Å². The summed E-state index contributed by atoms with van der Waals surface area (Å²) in [6, 6.07) is 6.28. The maximum absolute atomic E-state index is 11.5. The van der Waals surface area contributed by atoms with Crippen LogP contribution in [0.15, 0.2) is 18.2 Å². The number of fused-ring (bicyclic) bond motifs is 1. The Morgan fingerprint density at radius 3 is 3.00 bits per heavy atom. The molecule has 1 aromatic rings. The molecule has 1 heterocycles. The lowest BCUT2D eigenvalue weighted by molar-refractivity contribution is -0.117. The molecule has 1 aliphatic heterocycles. The fraction of sp³-hybridized carbons (Fsp3) is 0.462. The fourth-order valence-electron chi connectivity index (χ4n) is 2.14. The molecule has 4 heteroatoms. The molecule has 0 saturated heterocycles. The van der Waals surface area contributed by atoms with Gasteiger partial charge in [0.2, 0.25) is 5.91 Å². The van der Waals surface area contributed by atoms with Gasteiger partial charge in [0.1, 0.15) is 0 Å². The highest BCUT2D eigenvalue weighted by Gasteiger charge is 2.23. The van der Waals surface area contributed by atoms with Crippen molar-refractivity contribution in [3.05, 3.63) is 29.3 Å². The van der Waals surface area contributed by atoms with Crippen LogP contribution >= 0.6 is 0 Å². The minimum absolute atomic E-state index is 0.179. The molecule has 2 rings (SSSR count). The van der Waals surface area contributed by atoms with Crippen molar-refractivity contribution in [3.8, 4) is 0 Å². The van der Waals surface area contributed by atoms with Crippen LogP contribution in [0.25, 0.3) is 0 Å². The summed E-state index contributed by atoms with van der Waals surface area (Å²) in [6.45, 7) is 2.45. The summed E-state index contributed by atoms with van der Waals surface area (Å²) in [7, 11) is 1.83. The number of benzene rings is 1. The Morgan fingerprint density at radius 2 is 2.24 bits per heavy atom. The predicted octanol–water partition coefficient (Wildman–Crippen LogP) is 0.296. The summed E-state index contributed by atoms with van der Waals surface area (Å²) in [5, 5.41) is 3.27. The average Bonchev–Trinajstić information content (AvgIpc) is 2.61. The second kappa shape index (κ2) is 5.29. The Hall–Kier alpha value is -1.39. The van der Waals surface area contributed by atoms with Gasteiger partial charge in [-0.1, -0.05) is 12.1 Å². The number of anilines is 1. The molecule has 4 nitrogen and oxygen atoms in total. The summed E-state index contributed by atoms with van der Waals surface area (Å²) in [6.07, 6.45) is 1.51. The van der Waals surface area contributed by atoms with Gasteiger partial charge in [-0.2, -0.15) is 0 Å². The third kappa shape index (κ3) is 2.65. The average molecular weight is 233 g/mol. The van der Waals surface area contributed by atoms with E-state index < -0.39 is 0 Å². The van der Waals surface area contributed by atoms with Gasteiger partial charge in [-0.15, -0.1) is 0 Å². The molecule has 0 bridgehead atoms. The van der Waals surface area contributed by atoms with Crippen LogP contribution in [0.3, 0.4) is 0 Å². The van der Waals surface area contributed by atoms with E-state index in [1.165, 1.54) is 5.56 Å². The number of nitrogens with two attached hydrogens (primary N) is 1. The summed E-state index contributed by atoms with van der Waals surface area (Å²) in [5.74, 6) is 0.179. The van der Waals surface area contributed by atoms with Gasteiger partial charge in [-0.3, -0.25) is 4.79 Å². The van der Waals surface area contributed by atoms with Crippen LogP contribution in [0.5, 0.6) is 0 Å². The van der Waals surface area contributed by atoms with Crippen molar-refractivity contribution in [2.24, 2.45) is 5.73 Å². The molecule has 3 N–H and O–H groups in total. The first kappa shape index (κ1) is 12.1. The lowest BCUT2D eigenvalue weighted by Gasteiger charge is -2.10. The SMILES string of the molecule is CN1C(=O)Cc2cc(CCNCCN)ccc21. The molecule has 0 aromatic heterocycles. The largest absolute Gasteiger partial charge is 0.329 e. The minimum atomic E-state index is 0.179. The lowest BCUT2D eigenvalue weighted by Crippen LogP contribution is -2.24. The van der Waals surface area contributed by atoms with E-state index in [1.807, 2.05) is 13.1 Å². The Balaban J connectivity index is 1.98. The van der Waals surface area contributed by atoms with Crippen LogP contribution in [0, 0.1) is 0 Å². The molecule has 0 atom stereocenters. The van der Waals surface area contributed by atoms with Crippen LogP contribution < -0.4 is 16.0 Å². The van der Waals surface area contributed by atoms with Crippen LogP contribution in [0.4, 0.5) is 5.69 Å². The van der Waals surface area contributed by atoms with Gasteiger partial charge >= 0.3 is 0 Å². The van der Waals surface area contributed by atoms with Gasteiger partial charge in [-0.05, 0) is 30.2 Å². The van der Waals surface area contributed by atoms with Crippen molar-refractivity contribution in [2.75, 3.05) is 31.6 Å². The zero-order valence-electron chi connectivity index (χ0n) is 10.2. The highest BCUT2D eigenvalue weighted by atomic mass is 16.2. The van der Waals surface area contributed by atoms with E-state index in [-0.39, 0.29) is 5.91 Å². The van der Waals surface area contributed by atoms with Gasteiger partial charge in [0, 0.05) is 25.8 Å². The van der Waals surface area contributed by atoms with Crippen LogP contribution in [0.2, 0.25) is 0 Å². The maximum Gasteiger partial charge on any atom is 0.231 e. The lowest BCUT2D eigenvalue weighted by atomic mass is 10.1. The molecule has 1 aromatic carbocycles. The molecule has 17 heavy (non-hydrogen) atoms. The first-order chi connectivity index (χ1) is 8.22. The predicted molar refractivity (Wildman–Crippen MR) is 69.2 cm³/mol. The third-order valence-corrected chi connectivity index (χ3v) is 3.13. The summed E-state index contributed by atoms with van der Waals surface area (Å²) >= 11 is 0. The summed E-state index contributed by atoms with van der Waals surface area (Å²) in [4.78, 5) is 13.3. The van der Waals surface area contributed by atoms with Gasteiger partial charge in [-0.25, -0.2) is 0 Å². The molecule has 1 aliphatic rings. The molecule has 92 valence electrons. The molecule has 0 unspecified atom stereocenters. The van der Waals surface area contributed by atoms with E-state index >= 15 is 0 Å². The minimum Gasteiger partial charge on any atom is -0.329 e. The second-order valence-electron chi connectivity index (χ2n) is 4.38. The van der Waals surface area contributed by atoms with Crippen molar-refractivity contribution in [2.45, 2.75) is 12.8 Å². The Labute approximate surface area is 102 Å². The maximum atomic E-state index is 11.5. The first-order valence-corrected chi connectivity index (χ1v) is 6.01. The number of nitrogens with one attached hydrogen (secondary N) is 1. The quantitative estimate of drug-likeness (QED) is 0.719. The molecule has 0 saturated carbocycles. The smallest absolute Gasteiger partial charge is 0.231 e. The molecule has 0 fully saturated rings. The first-order valence-electron chi connectivity index (χ1n) is 6.01. The Kier molecular flexibility index (Phi) is 3.76. The van der Waals surface area contributed by atoms with E-state index in [9.17, 15) is 4.79 Å². The Morgan fingerprint density at radius 1 is 1.41 bits per heavy atom. The number of nitrogens with zero attached hydrogens (tertiary/aromatic N) is 1. The number of likely N-dealkylation sites (N-methyl/N-ethyl adjacent to an activating group) is 1. The van der Waals surface area contributed by atoms with Crippen molar-refractivity contribution in [1.82, 2.24) is 5.32 Å². The van der Waals surface area contributed by atoms with Crippen LogP contribution in [-0.2, 0) is 17.6 Å². The van der Waals surface area contributed by atoms with Crippen molar-refractivity contribution in [1.29, 1.82) is 0 Å². The molecule has 0 radical (unpaired) electrons. The number of carbonyl (C=O) groups is 1. The zero-order chi connectivity index (χ0) is 12.3. The number of carbonyl (C=O) groups excluding carboxylic acids is 1. The van der Waals surface area contributed by atoms with Crippen molar-refractivity contribution >= 4 is 11.6 Å². The highest BCUT2D eigenvalue weighted by molar-refractivity contribution is 6.00. The van der Waals surface area contributed by atoms with Gasteiger partial charge in [0.15, 0.2) is 0 Å². The number of hydrogen-bond donors (Lipinski definition) is 2. The van der Waals surface area contributed by atoms with Crippen molar-refractivity contribution < 1.29 is 4.79 Å². The van der Waals surface area contributed by atoms with Gasteiger partial charge in [0.25, 0.3) is 0 Å². The standard InChI is InChI=1S/C13H19N3O/c1-16-12-3-2-10(4-6-15-7-5-14)8-11(12)9-13(16)17/h2-3,8,15H,4-7,9,14H2,1H3. The van der Waals surface area contributed by atoms with E-state index in [4.69, 9.17) is 5.73 Å². The monoisotopic (exact) mass is 233 g/mol. The van der Waals surface area contributed by atoms with Crippen molar-refractivity contribution in [3.63, 3.8) is 0 Å². The van der Waals surface area contributed by atoms with E-state index in [0.29, 0.717) is 13.0 Å². The van der Waals surface area contributed by atoms with Crippen LogP contribution in [-0.4, -0.2) is 32.6 Å². The number of rotatable bonds is 5. The van der Waals surface area contributed by atoms with Gasteiger partial charge in [0.05, 0.1) is 6.42 Å². The number of amides is 1. The second-order valence-corrected chi connectivity index (χ2v) is 4.38. The molecule has 0 aliphatic carbocycles. The molecule has 1 amide bonds. The Bertz CT molecular complexity index is 417. The molecular weight excluding hydrogens is 214 g/mol. The van der Waals surface area contributed by atoms with E-state index in [0.717, 1.165) is 30.8 Å². The zero-order valence-corrected chi connectivity index (χ0v) is 10.2. The van der Waals surface area contributed by atoms with E-state index in [1.54, 1.807) is 4.90 Å². The fourth-order valence-corrected chi connectivity index (χ4v) is 2.14. The summed E-state index contributed by atoms with van der Waals surface area (Å²) < 4.78 is 0. The number of hydrogen-bond acceptors (Lipinski definition) is 3. The normalized spacial score (nSPS) is 14.2.